The maximum Gasteiger partial charge on any atom is 0.204 e. The Balaban J connectivity index is 2.03. The highest BCUT2D eigenvalue weighted by atomic mass is 15.4. The summed E-state index contributed by atoms with van der Waals surface area (Å²) in [5.74, 6) is 1.58. The van der Waals surface area contributed by atoms with Crippen LogP contribution < -0.4 is 10.6 Å². The van der Waals surface area contributed by atoms with Gasteiger partial charge in [-0.3, -0.25) is 5.32 Å². The van der Waals surface area contributed by atoms with Gasteiger partial charge in [0.15, 0.2) is 0 Å². The Morgan fingerprint density at radius 1 is 1.44 bits per heavy atom. The van der Waals surface area contributed by atoms with Crippen LogP contribution in [0, 0.1) is 0 Å². The third-order valence-electron chi connectivity index (χ3n) is 2.31. The minimum Gasteiger partial charge on any atom is -0.349 e. The van der Waals surface area contributed by atoms with E-state index in [9.17, 15) is 0 Å². The second-order valence-corrected chi connectivity index (χ2v) is 4.00. The second kappa shape index (κ2) is 4.38. The van der Waals surface area contributed by atoms with Crippen LogP contribution >= 0.6 is 0 Å². The summed E-state index contributed by atoms with van der Waals surface area (Å²) < 4.78 is 0. The summed E-state index contributed by atoms with van der Waals surface area (Å²) >= 11 is 0. The Labute approximate surface area is 95.6 Å². The van der Waals surface area contributed by atoms with Crippen LogP contribution in [0.15, 0.2) is 33.9 Å². The second-order valence-electron chi connectivity index (χ2n) is 4.00. The molecule has 0 saturated carbocycles. The summed E-state index contributed by atoms with van der Waals surface area (Å²) in [7, 11) is 3.91. The molecule has 0 spiro atoms. The molecule has 5 heteroatoms. The Bertz CT molecular complexity index is 389. The molecular formula is C11H17N5. The first-order valence-corrected chi connectivity index (χ1v) is 5.39. The number of nitrogens with zero attached hydrogens (tertiary/aromatic N) is 3. The van der Waals surface area contributed by atoms with E-state index < -0.39 is 0 Å². The normalized spacial score (nSPS) is 23.2. The summed E-state index contributed by atoms with van der Waals surface area (Å²) in [5.41, 5.74) is 1.08. The maximum atomic E-state index is 4.38. The number of hydrogen-bond acceptors (Lipinski definition) is 5. The van der Waals surface area contributed by atoms with Crippen molar-refractivity contribution < 1.29 is 0 Å². The Morgan fingerprint density at radius 3 is 2.88 bits per heavy atom. The highest BCUT2D eigenvalue weighted by molar-refractivity contribution is 6.00. The molecule has 16 heavy (non-hydrogen) atoms. The third-order valence-corrected chi connectivity index (χ3v) is 2.31. The molecule has 0 bridgehead atoms. The molecule has 1 heterocycles. The van der Waals surface area contributed by atoms with Crippen molar-refractivity contribution in [3.63, 3.8) is 0 Å². The molecular weight excluding hydrogens is 202 g/mol. The number of nitrogens with one attached hydrogen (secondary N) is 2. The quantitative estimate of drug-likeness (QED) is 0.680. The summed E-state index contributed by atoms with van der Waals surface area (Å²) in [6.07, 6.45) is 7.22. The summed E-state index contributed by atoms with van der Waals surface area (Å²) in [6.45, 7) is 1.96. The van der Waals surface area contributed by atoms with Gasteiger partial charge in [0.2, 0.25) is 11.9 Å². The van der Waals surface area contributed by atoms with Crippen LogP contribution in [0.25, 0.3) is 0 Å². The fourth-order valence-corrected chi connectivity index (χ4v) is 1.54. The lowest BCUT2D eigenvalue weighted by molar-refractivity contribution is 0.580. The zero-order valence-electron chi connectivity index (χ0n) is 9.86. The van der Waals surface area contributed by atoms with Crippen molar-refractivity contribution in [1.29, 1.82) is 0 Å². The van der Waals surface area contributed by atoms with Gasteiger partial charge in [0, 0.05) is 19.8 Å². The lowest BCUT2D eigenvalue weighted by atomic mass is 10.4. The lowest BCUT2D eigenvalue weighted by Gasteiger charge is -2.24. The predicted molar refractivity (Wildman–Crippen MR) is 66.1 cm³/mol. The van der Waals surface area contributed by atoms with E-state index in [2.05, 4.69) is 38.8 Å². The first-order valence-electron chi connectivity index (χ1n) is 5.39. The number of allylic oxidation sites excluding steroid dienone is 3. The lowest BCUT2D eigenvalue weighted by Crippen LogP contribution is -2.49. The van der Waals surface area contributed by atoms with Crippen LogP contribution in [0.4, 0.5) is 0 Å². The molecule has 86 valence electrons. The number of hydrogen-bond donors (Lipinski definition) is 2. The summed E-state index contributed by atoms with van der Waals surface area (Å²) in [5, 5.41) is 6.39. The fourth-order valence-electron chi connectivity index (χ4n) is 1.54. The van der Waals surface area contributed by atoms with E-state index in [-0.39, 0.29) is 6.17 Å². The summed E-state index contributed by atoms with van der Waals surface area (Å²) in [6, 6.07) is 0. The maximum absolute atomic E-state index is 4.38. The molecule has 2 aliphatic rings. The molecule has 0 aromatic rings. The van der Waals surface area contributed by atoms with E-state index in [4.69, 9.17) is 0 Å². The van der Waals surface area contributed by atoms with Crippen molar-refractivity contribution in [2.45, 2.75) is 19.5 Å². The zero-order valence-corrected chi connectivity index (χ0v) is 9.86. The average Bonchev–Trinajstić information content (AvgIpc) is 2.69. The monoisotopic (exact) mass is 219 g/mol. The Hall–Kier alpha value is -1.78. The molecule has 1 aliphatic carbocycles. The molecule has 0 aromatic heterocycles. The van der Waals surface area contributed by atoms with Crippen LogP contribution in [-0.4, -0.2) is 37.1 Å². The Morgan fingerprint density at radius 2 is 2.25 bits per heavy atom. The van der Waals surface area contributed by atoms with Gasteiger partial charge in [0.05, 0.1) is 0 Å². The molecule has 2 rings (SSSR count). The van der Waals surface area contributed by atoms with Crippen LogP contribution in [0.3, 0.4) is 0 Å². The molecule has 0 radical (unpaired) electrons. The van der Waals surface area contributed by atoms with Crippen LogP contribution in [-0.2, 0) is 0 Å². The highest BCUT2D eigenvalue weighted by Gasteiger charge is 2.15. The van der Waals surface area contributed by atoms with Crippen molar-refractivity contribution in [2.24, 2.45) is 9.98 Å². The summed E-state index contributed by atoms with van der Waals surface area (Å²) in [4.78, 5) is 10.7. The minimum absolute atomic E-state index is 0.0490. The third kappa shape index (κ3) is 2.42. The fraction of sp³-hybridized carbons (Fsp3) is 0.455. The molecule has 1 unspecified atom stereocenters. The predicted octanol–water partition coefficient (Wildman–Crippen LogP) is 0.643. The Kier molecular flexibility index (Phi) is 2.94. The molecule has 1 atom stereocenters. The van der Waals surface area contributed by atoms with Crippen LogP contribution in [0.2, 0.25) is 0 Å². The number of aliphatic imine (C=N–C) groups is 2. The minimum atomic E-state index is -0.0490. The van der Waals surface area contributed by atoms with Gasteiger partial charge in [0.25, 0.3) is 0 Å². The topological polar surface area (TPSA) is 52.0 Å². The van der Waals surface area contributed by atoms with Crippen molar-refractivity contribution in [3.05, 3.63) is 23.9 Å². The standard InChI is InChI=1S/C11H17N5/c1-8-12-10(14-9-6-4-5-7-9)15-11(13-8)16(2)3/h4,6-8H,5H2,1-3H3,(H2,12,13,14,15). The molecule has 0 saturated heterocycles. The highest BCUT2D eigenvalue weighted by Crippen LogP contribution is 2.06. The van der Waals surface area contributed by atoms with Gasteiger partial charge < -0.3 is 10.2 Å². The first kappa shape index (κ1) is 10.7. The zero-order chi connectivity index (χ0) is 11.5. The smallest absolute Gasteiger partial charge is 0.204 e. The van der Waals surface area contributed by atoms with E-state index in [1.54, 1.807) is 0 Å². The van der Waals surface area contributed by atoms with Crippen molar-refractivity contribution >= 4 is 11.9 Å². The molecule has 0 fully saturated rings. The van der Waals surface area contributed by atoms with Gasteiger partial charge in [-0.2, -0.15) is 0 Å². The van der Waals surface area contributed by atoms with Crippen molar-refractivity contribution in [2.75, 3.05) is 14.1 Å². The SMILES string of the molecule is CC1N=C(NC2=CCC=C2)NC(N(C)C)=N1. The van der Waals surface area contributed by atoms with E-state index in [0.717, 1.165) is 24.0 Å². The molecule has 5 nitrogen and oxygen atoms in total. The first-order chi connectivity index (χ1) is 7.65. The molecule has 2 N–H and O–H groups in total. The van der Waals surface area contributed by atoms with Gasteiger partial charge in [-0.15, -0.1) is 0 Å². The van der Waals surface area contributed by atoms with Crippen molar-refractivity contribution in [1.82, 2.24) is 15.5 Å². The van der Waals surface area contributed by atoms with Crippen LogP contribution in [0.1, 0.15) is 13.3 Å². The van der Waals surface area contributed by atoms with E-state index >= 15 is 0 Å². The van der Waals surface area contributed by atoms with Gasteiger partial charge in [-0.05, 0) is 19.4 Å². The molecule has 0 amide bonds. The van der Waals surface area contributed by atoms with Gasteiger partial charge in [0.1, 0.15) is 6.17 Å². The van der Waals surface area contributed by atoms with E-state index in [0.29, 0.717) is 0 Å². The van der Waals surface area contributed by atoms with E-state index in [1.165, 1.54) is 0 Å². The number of rotatable bonds is 1. The molecule has 0 aromatic carbocycles. The average molecular weight is 219 g/mol. The van der Waals surface area contributed by atoms with Crippen molar-refractivity contribution in [3.8, 4) is 0 Å². The van der Waals surface area contributed by atoms with Gasteiger partial charge >= 0.3 is 0 Å². The van der Waals surface area contributed by atoms with E-state index in [1.807, 2.05) is 25.9 Å². The number of guanidine groups is 2. The molecule has 1 aliphatic heterocycles. The van der Waals surface area contributed by atoms with Crippen LogP contribution in [0.5, 0.6) is 0 Å². The van der Waals surface area contributed by atoms with Gasteiger partial charge in [-0.1, -0.05) is 12.2 Å². The van der Waals surface area contributed by atoms with Gasteiger partial charge in [-0.25, -0.2) is 9.98 Å². The largest absolute Gasteiger partial charge is 0.349 e.